The summed E-state index contributed by atoms with van der Waals surface area (Å²) >= 11 is 0. The summed E-state index contributed by atoms with van der Waals surface area (Å²) in [6.07, 6.45) is 0.801. The number of aliphatic hydroxyl groups is 1. The number of amides is 2. The number of rotatable bonds is 5. The first-order valence-corrected chi connectivity index (χ1v) is 4.38. The van der Waals surface area contributed by atoms with Gasteiger partial charge >= 0.3 is 12.0 Å². The molecular formula is C8H16N2O4. The van der Waals surface area contributed by atoms with Crippen molar-refractivity contribution in [3.05, 3.63) is 0 Å². The third-order valence-electron chi connectivity index (χ3n) is 1.51. The van der Waals surface area contributed by atoms with Crippen molar-refractivity contribution in [1.29, 1.82) is 0 Å². The monoisotopic (exact) mass is 204 g/mol. The standard InChI is InChI=1S/C8H16N2O4/c1-3-4-9-8(13)10-6(5-11)7(12)14-2/h6,11H,3-5H2,1-2H3,(H2,9,10,13). The molecule has 6 nitrogen and oxygen atoms in total. The first-order chi connectivity index (χ1) is 6.65. The van der Waals surface area contributed by atoms with Crippen molar-refractivity contribution in [2.75, 3.05) is 20.3 Å². The van der Waals surface area contributed by atoms with Crippen LogP contribution in [0.15, 0.2) is 0 Å². The van der Waals surface area contributed by atoms with Gasteiger partial charge in [0.15, 0.2) is 6.04 Å². The summed E-state index contributed by atoms with van der Waals surface area (Å²) in [6, 6.07) is -1.49. The first-order valence-electron chi connectivity index (χ1n) is 4.38. The number of esters is 1. The van der Waals surface area contributed by atoms with Gasteiger partial charge in [-0.25, -0.2) is 9.59 Å². The Balaban J connectivity index is 3.92. The molecule has 0 radical (unpaired) electrons. The van der Waals surface area contributed by atoms with Gasteiger partial charge in [-0.05, 0) is 6.42 Å². The van der Waals surface area contributed by atoms with Crippen molar-refractivity contribution in [3.8, 4) is 0 Å². The molecule has 14 heavy (non-hydrogen) atoms. The molecule has 1 atom stereocenters. The second-order valence-electron chi connectivity index (χ2n) is 2.66. The number of aliphatic hydroxyl groups excluding tert-OH is 1. The summed E-state index contributed by atoms with van der Waals surface area (Å²) in [4.78, 5) is 22.0. The molecule has 0 aliphatic carbocycles. The van der Waals surface area contributed by atoms with Gasteiger partial charge in [0.05, 0.1) is 13.7 Å². The summed E-state index contributed by atoms with van der Waals surface area (Å²) in [7, 11) is 1.19. The first kappa shape index (κ1) is 12.7. The Morgan fingerprint density at radius 2 is 2.14 bits per heavy atom. The molecule has 6 heteroatoms. The number of methoxy groups -OCH3 is 1. The molecule has 0 bridgehead atoms. The van der Waals surface area contributed by atoms with Crippen LogP contribution in [0.2, 0.25) is 0 Å². The van der Waals surface area contributed by atoms with E-state index in [2.05, 4.69) is 15.4 Å². The van der Waals surface area contributed by atoms with E-state index >= 15 is 0 Å². The minimum absolute atomic E-state index is 0.480. The second-order valence-corrected chi connectivity index (χ2v) is 2.66. The Morgan fingerprint density at radius 1 is 1.50 bits per heavy atom. The molecule has 0 saturated heterocycles. The number of ether oxygens (including phenoxy) is 1. The van der Waals surface area contributed by atoms with E-state index in [9.17, 15) is 9.59 Å². The van der Waals surface area contributed by atoms with Crippen LogP contribution in [0.1, 0.15) is 13.3 Å². The van der Waals surface area contributed by atoms with E-state index in [4.69, 9.17) is 5.11 Å². The van der Waals surface area contributed by atoms with Crippen LogP contribution in [0, 0.1) is 0 Å². The summed E-state index contributed by atoms with van der Waals surface area (Å²) in [5.41, 5.74) is 0. The molecule has 0 saturated carbocycles. The summed E-state index contributed by atoms with van der Waals surface area (Å²) in [5.74, 6) is -0.667. The molecule has 0 aromatic carbocycles. The van der Waals surface area contributed by atoms with Gasteiger partial charge in [-0.2, -0.15) is 0 Å². The van der Waals surface area contributed by atoms with Gasteiger partial charge < -0.3 is 20.5 Å². The maximum absolute atomic E-state index is 11.1. The molecule has 0 aliphatic rings. The highest BCUT2D eigenvalue weighted by Crippen LogP contribution is 1.86. The molecule has 1 unspecified atom stereocenters. The minimum Gasteiger partial charge on any atom is -0.467 e. The zero-order valence-corrected chi connectivity index (χ0v) is 8.37. The van der Waals surface area contributed by atoms with Crippen molar-refractivity contribution < 1.29 is 19.4 Å². The van der Waals surface area contributed by atoms with Crippen LogP contribution in [0.3, 0.4) is 0 Å². The highest BCUT2D eigenvalue weighted by molar-refractivity contribution is 5.83. The van der Waals surface area contributed by atoms with E-state index in [1.54, 1.807) is 0 Å². The zero-order valence-electron chi connectivity index (χ0n) is 8.37. The van der Waals surface area contributed by atoms with Crippen LogP contribution in [0.25, 0.3) is 0 Å². The molecule has 0 fully saturated rings. The number of hydrogen-bond acceptors (Lipinski definition) is 4. The molecule has 0 rings (SSSR count). The Labute approximate surface area is 82.6 Å². The Kier molecular flexibility index (Phi) is 6.47. The van der Waals surface area contributed by atoms with E-state index in [-0.39, 0.29) is 0 Å². The average molecular weight is 204 g/mol. The lowest BCUT2D eigenvalue weighted by molar-refractivity contribution is -0.143. The van der Waals surface area contributed by atoms with Gasteiger partial charge in [-0.3, -0.25) is 0 Å². The lowest BCUT2D eigenvalue weighted by Crippen LogP contribution is -2.48. The minimum atomic E-state index is -1.00. The third-order valence-corrected chi connectivity index (χ3v) is 1.51. The molecule has 82 valence electrons. The van der Waals surface area contributed by atoms with Gasteiger partial charge in [-0.1, -0.05) is 6.92 Å². The van der Waals surface area contributed by atoms with Crippen molar-refractivity contribution in [1.82, 2.24) is 10.6 Å². The van der Waals surface area contributed by atoms with Gasteiger partial charge in [0.2, 0.25) is 0 Å². The fraction of sp³-hybridized carbons (Fsp3) is 0.750. The molecule has 3 N–H and O–H groups in total. The number of hydrogen-bond donors (Lipinski definition) is 3. The number of urea groups is 1. The number of carbonyl (C=O) groups is 2. The van der Waals surface area contributed by atoms with Crippen LogP contribution in [-0.4, -0.2) is 43.4 Å². The number of nitrogens with one attached hydrogen (secondary N) is 2. The number of carbonyl (C=O) groups excluding carboxylic acids is 2. The van der Waals surface area contributed by atoms with Gasteiger partial charge in [0.25, 0.3) is 0 Å². The molecule has 0 aromatic heterocycles. The normalized spacial score (nSPS) is 11.6. The molecule has 0 heterocycles. The lowest BCUT2D eigenvalue weighted by Gasteiger charge is -2.13. The molecule has 2 amide bonds. The van der Waals surface area contributed by atoms with E-state index in [1.165, 1.54) is 7.11 Å². The summed E-state index contributed by atoms with van der Waals surface area (Å²) < 4.78 is 4.37. The predicted molar refractivity (Wildman–Crippen MR) is 49.7 cm³/mol. The van der Waals surface area contributed by atoms with Crippen LogP contribution in [-0.2, 0) is 9.53 Å². The smallest absolute Gasteiger partial charge is 0.330 e. The Hall–Kier alpha value is -1.30. The van der Waals surface area contributed by atoms with Crippen LogP contribution >= 0.6 is 0 Å². The van der Waals surface area contributed by atoms with Crippen molar-refractivity contribution in [3.63, 3.8) is 0 Å². The molecular weight excluding hydrogens is 188 g/mol. The van der Waals surface area contributed by atoms with Crippen molar-refractivity contribution in [2.45, 2.75) is 19.4 Å². The van der Waals surface area contributed by atoms with E-state index in [0.29, 0.717) is 6.54 Å². The average Bonchev–Trinajstić information content (AvgIpc) is 2.21. The Bertz CT molecular complexity index is 196. The quantitative estimate of drug-likeness (QED) is 0.513. The lowest BCUT2D eigenvalue weighted by atomic mass is 10.3. The van der Waals surface area contributed by atoms with Crippen LogP contribution < -0.4 is 10.6 Å². The van der Waals surface area contributed by atoms with E-state index < -0.39 is 24.6 Å². The largest absolute Gasteiger partial charge is 0.467 e. The predicted octanol–water partition coefficient (Wildman–Crippen LogP) is -0.770. The molecule has 0 spiro atoms. The van der Waals surface area contributed by atoms with Crippen molar-refractivity contribution in [2.24, 2.45) is 0 Å². The maximum Gasteiger partial charge on any atom is 0.330 e. The second kappa shape index (κ2) is 7.14. The van der Waals surface area contributed by atoms with Gasteiger partial charge in [-0.15, -0.1) is 0 Å². The van der Waals surface area contributed by atoms with Crippen molar-refractivity contribution >= 4 is 12.0 Å². The highest BCUT2D eigenvalue weighted by Gasteiger charge is 2.19. The van der Waals surface area contributed by atoms with E-state index in [1.807, 2.05) is 6.92 Å². The highest BCUT2D eigenvalue weighted by atomic mass is 16.5. The van der Waals surface area contributed by atoms with Gasteiger partial charge in [0.1, 0.15) is 0 Å². The Morgan fingerprint density at radius 3 is 2.57 bits per heavy atom. The molecule has 0 aromatic rings. The summed E-state index contributed by atoms with van der Waals surface area (Å²) in [6.45, 7) is 1.95. The summed E-state index contributed by atoms with van der Waals surface area (Å²) in [5, 5.41) is 13.5. The third kappa shape index (κ3) is 4.66. The molecule has 0 aliphatic heterocycles. The van der Waals surface area contributed by atoms with Gasteiger partial charge in [0, 0.05) is 6.54 Å². The SMILES string of the molecule is CCCNC(=O)NC(CO)C(=O)OC. The maximum atomic E-state index is 11.1. The topological polar surface area (TPSA) is 87.7 Å². The van der Waals surface area contributed by atoms with E-state index in [0.717, 1.165) is 6.42 Å². The van der Waals surface area contributed by atoms with Crippen LogP contribution in [0.4, 0.5) is 4.79 Å². The van der Waals surface area contributed by atoms with Crippen LogP contribution in [0.5, 0.6) is 0 Å². The zero-order chi connectivity index (χ0) is 11.0. The fourth-order valence-electron chi connectivity index (χ4n) is 0.769. The fourth-order valence-corrected chi connectivity index (χ4v) is 0.769.